The number of rotatable bonds is 3. The summed E-state index contributed by atoms with van der Waals surface area (Å²) in [6.45, 7) is 0. The van der Waals surface area contributed by atoms with Crippen LogP contribution >= 0.6 is 11.6 Å². The molecule has 0 N–H and O–H groups in total. The van der Waals surface area contributed by atoms with Crippen LogP contribution in [-0.4, -0.2) is 18.1 Å². The van der Waals surface area contributed by atoms with Crippen LogP contribution in [0.1, 0.15) is 5.76 Å². The summed E-state index contributed by atoms with van der Waals surface area (Å²) < 4.78 is 4.88. The zero-order chi connectivity index (χ0) is 8.81. The van der Waals surface area contributed by atoms with E-state index in [9.17, 15) is 4.79 Å². The Morgan fingerprint density at radius 3 is 3.25 bits per heavy atom. The Hall–Kier alpha value is -1.29. The Kier molecular flexibility index (Phi) is 3.35. The van der Waals surface area contributed by atoms with Crippen LogP contribution in [0.25, 0.3) is 0 Å². The van der Waals surface area contributed by atoms with Gasteiger partial charge in [-0.05, 0) is 12.1 Å². The second kappa shape index (κ2) is 4.56. The highest BCUT2D eigenvalue weighted by Gasteiger charge is 1.96. The van der Waals surface area contributed by atoms with Gasteiger partial charge in [-0.15, -0.1) is 11.6 Å². The van der Waals surface area contributed by atoms with Gasteiger partial charge in [-0.1, -0.05) is 5.16 Å². The van der Waals surface area contributed by atoms with Gasteiger partial charge in [0.15, 0.2) is 0 Å². The van der Waals surface area contributed by atoms with Gasteiger partial charge in [0.25, 0.3) is 0 Å². The maximum Gasteiger partial charge on any atom is 0.349 e. The van der Waals surface area contributed by atoms with Crippen LogP contribution in [0.5, 0.6) is 0 Å². The van der Waals surface area contributed by atoms with Crippen LogP contribution in [0.3, 0.4) is 0 Å². The minimum atomic E-state index is -0.598. The maximum absolute atomic E-state index is 10.4. The summed E-state index contributed by atoms with van der Waals surface area (Å²) in [5.41, 5.74) is 0. The molecular weight excluding hydrogens is 182 g/mol. The molecule has 0 aliphatic heterocycles. The molecular formula is C7H6ClNO3. The van der Waals surface area contributed by atoms with Crippen LogP contribution in [0.4, 0.5) is 0 Å². The van der Waals surface area contributed by atoms with E-state index in [0.29, 0.717) is 5.76 Å². The van der Waals surface area contributed by atoms with Gasteiger partial charge in [-0.25, -0.2) is 4.79 Å². The molecule has 0 saturated carbocycles. The Morgan fingerprint density at radius 1 is 1.83 bits per heavy atom. The van der Waals surface area contributed by atoms with E-state index in [-0.39, 0.29) is 5.88 Å². The first-order valence-electron chi connectivity index (χ1n) is 3.15. The summed E-state index contributed by atoms with van der Waals surface area (Å²) in [4.78, 5) is 14.7. The number of halogens is 1. The minimum Gasteiger partial charge on any atom is -0.463 e. The zero-order valence-electron chi connectivity index (χ0n) is 6.07. The highest BCUT2D eigenvalue weighted by molar-refractivity contribution is 6.26. The van der Waals surface area contributed by atoms with Crippen LogP contribution in [0.2, 0.25) is 0 Å². The summed E-state index contributed by atoms with van der Waals surface area (Å²) in [5.74, 6) is -0.299. The Bertz CT molecular complexity index is 268. The summed E-state index contributed by atoms with van der Waals surface area (Å²) in [7, 11) is 0. The molecule has 4 nitrogen and oxygen atoms in total. The highest BCUT2D eigenvalue weighted by Crippen LogP contribution is 1.95. The van der Waals surface area contributed by atoms with Gasteiger partial charge in [0.1, 0.15) is 17.9 Å². The van der Waals surface area contributed by atoms with Crippen LogP contribution in [0.15, 0.2) is 28.0 Å². The molecule has 1 aromatic rings. The molecule has 1 heterocycles. The molecule has 0 bridgehead atoms. The zero-order valence-corrected chi connectivity index (χ0v) is 6.82. The predicted octanol–water partition coefficient (Wildman–Crippen LogP) is 1.40. The SMILES string of the molecule is O=C(CCl)O/N=C/c1ccco1. The van der Waals surface area contributed by atoms with E-state index in [1.54, 1.807) is 12.1 Å². The van der Waals surface area contributed by atoms with Gasteiger partial charge in [0.2, 0.25) is 0 Å². The van der Waals surface area contributed by atoms with Gasteiger partial charge >= 0.3 is 5.97 Å². The first-order chi connectivity index (χ1) is 5.83. The van der Waals surface area contributed by atoms with E-state index in [0.717, 1.165) is 0 Å². The summed E-state index contributed by atoms with van der Waals surface area (Å²) >= 11 is 5.14. The predicted molar refractivity (Wildman–Crippen MR) is 43.1 cm³/mol. The molecule has 0 atom stereocenters. The molecule has 0 unspecified atom stereocenters. The van der Waals surface area contributed by atoms with Crippen molar-refractivity contribution >= 4 is 23.8 Å². The minimum absolute atomic E-state index is 0.213. The number of carbonyl (C=O) groups is 1. The van der Waals surface area contributed by atoms with E-state index in [2.05, 4.69) is 9.99 Å². The molecule has 0 aromatic carbocycles. The smallest absolute Gasteiger partial charge is 0.349 e. The van der Waals surface area contributed by atoms with Gasteiger partial charge in [-0.3, -0.25) is 0 Å². The first kappa shape index (κ1) is 8.80. The number of hydrogen-bond donors (Lipinski definition) is 0. The largest absolute Gasteiger partial charge is 0.463 e. The lowest BCUT2D eigenvalue weighted by Crippen LogP contribution is -2.00. The van der Waals surface area contributed by atoms with Gasteiger partial charge in [0, 0.05) is 0 Å². The number of alkyl halides is 1. The van der Waals surface area contributed by atoms with Crippen LogP contribution in [-0.2, 0) is 9.63 Å². The third-order valence-corrected chi connectivity index (χ3v) is 1.20. The Balaban J connectivity index is 2.37. The van der Waals surface area contributed by atoms with Crippen molar-refractivity contribution in [2.75, 3.05) is 5.88 Å². The third kappa shape index (κ3) is 2.75. The van der Waals surface area contributed by atoms with Crippen molar-refractivity contribution in [1.29, 1.82) is 0 Å². The van der Waals surface area contributed by atoms with E-state index in [4.69, 9.17) is 16.0 Å². The fourth-order valence-corrected chi connectivity index (χ4v) is 0.575. The highest BCUT2D eigenvalue weighted by atomic mass is 35.5. The number of nitrogens with zero attached hydrogens (tertiary/aromatic N) is 1. The summed E-state index contributed by atoms with van der Waals surface area (Å²) in [5, 5.41) is 3.33. The lowest BCUT2D eigenvalue weighted by molar-refractivity contribution is -0.140. The molecule has 1 aromatic heterocycles. The second-order valence-electron chi connectivity index (χ2n) is 1.85. The molecule has 0 fully saturated rings. The molecule has 0 aliphatic carbocycles. The van der Waals surface area contributed by atoms with Crippen molar-refractivity contribution in [1.82, 2.24) is 0 Å². The lowest BCUT2D eigenvalue weighted by Gasteiger charge is -1.88. The topological polar surface area (TPSA) is 51.8 Å². The van der Waals surface area contributed by atoms with E-state index >= 15 is 0 Å². The lowest BCUT2D eigenvalue weighted by atomic mass is 10.5. The van der Waals surface area contributed by atoms with Crippen molar-refractivity contribution in [2.45, 2.75) is 0 Å². The molecule has 1 rings (SSSR count). The third-order valence-electron chi connectivity index (χ3n) is 0.987. The van der Waals surface area contributed by atoms with Crippen molar-refractivity contribution in [3.05, 3.63) is 24.2 Å². The normalized spacial score (nSPS) is 10.4. The molecule has 0 amide bonds. The van der Waals surface area contributed by atoms with Crippen LogP contribution in [0, 0.1) is 0 Å². The summed E-state index contributed by atoms with van der Waals surface area (Å²) in [6.07, 6.45) is 2.77. The Labute approximate surface area is 73.7 Å². The number of hydrogen-bond acceptors (Lipinski definition) is 4. The molecule has 0 saturated heterocycles. The average Bonchev–Trinajstić information content (AvgIpc) is 2.57. The standard InChI is InChI=1S/C7H6ClNO3/c8-4-7(10)12-9-5-6-2-1-3-11-6/h1-3,5H,4H2/b9-5+. The van der Waals surface area contributed by atoms with Gasteiger partial charge < -0.3 is 9.25 Å². The van der Waals surface area contributed by atoms with E-state index in [1.807, 2.05) is 0 Å². The quantitative estimate of drug-likeness (QED) is 0.311. The van der Waals surface area contributed by atoms with Crippen molar-refractivity contribution in [2.24, 2.45) is 5.16 Å². The van der Waals surface area contributed by atoms with Crippen LogP contribution < -0.4 is 0 Å². The second-order valence-corrected chi connectivity index (χ2v) is 2.11. The van der Waals surface area contributed by atoms with Crippen molar-refractivity contribution < 1.29 is 14.0 Å². The molecule has 5 heteroatoms. The molecule has 64 valence electrons. The fourth-order valence-electron chi connectivity index (χ4n) is 0.526. The Morgan fingerprint density at radius 2 is 2.67 bits per heavy atom. The summed E-state index contributed by atoms with van der Waals surface area (Å²) in [6, 6.07) is 3.38. The van der Waals surface area contributed by atoms with Crippen molar-refractivity contribution in [3.63, 3.8) is 0 Å². The number of oxime groups is 1. The van der Waals surface area contributed by atoms with E-state index < -0.39 is 5.97 Å². The fraction of sp³-hybridized carbons (Fsp3) is 0.143. The number of furan rings is 1. The maximum atomic E-state index is 10.4. The average molecular weight is 188 g/mol. The van der Waals surface area contributed by atoms with Gasteiger partial charge in [0.05, 0.1) is 6.26 Å². The van der Waals surface area contributed by atoms with Crippen molar-refractivity contribution in [3.8, 4) is 0 Å². The molecule has 0 spiro atoms. The monoisotopic (exact) mass is 187 g/mol. The van der Waals surface area contributed by atoms with Gasteiger partial charge in [-0.2, -0.15) is 0 Å². The first-order valence-corrected chi connectivity index (χ1v) is 3.69. The number of carbonyl (C=O) groups excluding carboxylic acids is 1. The van der Waals surface area contributed by atoms with E-state index in [1.165, 1.54) is 12.5 Å². The molecule has 0 radical (unpaired) electrons. The molecule has 12 heavy (non-hydrogen) atoms. The molecule has 0 aliphatic rings.